The summed E-state index contributed by atoms with van der Waals surface area (Å²) < 4.78 is 12.7. The molecule has 0 saturated carbocycles. The van der Waals surface area contributed by atoms with Gasteiger partial charge in [-0.05, 0) is 24.1 Å². The molecule has 1 aromatic carbocycles. The number of hydrogen-bond donors (Lipinski definition) is 1. The Bertz CT molecular complexity index is 285. The normalized spacial score (nSPS) is 15.3. The topological polar surface area (TPSA) is 29.3 Å². The molecular formula is C8H9FN2. The quantitative estimate of drug-likeness (QED) is 0.563. The number of hydrazine groups is 1. The van der Waals surface area contributed by atoms with Crippen LogP contribution in [0.2, 0.25) is 0 Å². The summed E-state index contributed by atoms with van der Waals surface area (Å²) >= 11 is 0. The lowest BCUT2D eigenvalue weighted by Gasteiger charge is -2.10. The van der Waals surface area contributed by atoms with Crippen LogP contribution in [-0.4, -0.2) is 6.54 Å². The van der Waals surface area contributed by atoms with Crippen LogP contribution >= 0.6 is 0 Å². The largest absolute Gasteiger partial charge is 0.310 e. The highest BCUT2D eigenvalue weighted by atomic mass is 19.1. The molecular weight excluding hydrogens is 143 g/mol. The second-order valence-electron chi connectivity index (χ2n) is 2.72. The van der Waals surface area contributed by atoms with Crippen LogP contribution in [-0.2, 0) is 6.42 Å². The molecule has 0 aliphatic carbocycles. The van der Waals surface area contributed by atoms with Crippen molar-refractivity contribution >= 4 is 5.69 Å². The van der Waals surface area contributed by atoms with Crippen LogP contribution in [0.1, 0.15) is 5.56 Å². The second kappa shape index (κ2) is 2.20. The fraction of sp³-hybridized carbons (Fsp3) is 0.250. The standard InChI is InChI=1S/C8H9FN2/c9-7-2-1-6-3-4-11(10)8(6)5-7/h1-2,5H,3-4,10H2. The van der Waals surface area contributed by atoms with Gasteiger partial charge in [0.15, 0.2) is 0 Å². The monoisotopic (exact) mass is 152 g/mol. The molecule has 0 unspecified atom stereocenters. The van der Waals surface area contributed by atoms with Crippen molar-refractivity contribution in [3.8, 4) is 0 Å². The zero-order valence-corrected chi connectivity index (χ0v) is 6.05. The summed E-state index contributed by atoms with van der Waals surface area (Å²) in [5.41, 5.74) is 1.96. The van der Waals surface area contributed by atoms with Gasteiger partial charge in [0.05, 0.1) is 5.69 Å². The summed E-state index contributed by atoms with van der Waals surface area (Å²) in [6.45, 7) is 0.790. The van der Waals surface area contributed by atoms with E-state index >= 15 is 0 Å². The van der Waals surface area contributed by atoms with Gasteiger partial charge in [0.25, 0.3) is 0 Å². The molecule has 11 heavy (non-hydrogen) atoms. The minimum atomic E-state index is -0.221. The van der Waals surface area contributed by atoms with Crippen molar-refractivity contribution in [3.05, 3.63) is 29.6 Å². The Morgan fingerprint density at radius 1 is 1.45 bits per heavy atom. The Hall–Kier alpha value is -1.09. The molecule has 1 aliphatic heterocycles. The number of halogens is 1. The molecule has 2 N–H and O–H groups in total. The number of nitrogens with zero attached hydrogens (tertiary/aromatic N) is 1. The first kappa shape index (κ1) is 6.61. The van der Waals surface area contributed by atoms with Gasteiger partial charge in [-0.2, -0.15) is 0 Å². The Kier molecular flexibility index (Phi) is 1.32. The van der Waals surface area contributed by atoms with Crippen LogP contribution in [0.5, 0.6) is 0 Å². The van der Waals surface area contributed by atoms with E-state index in [9.17, 15) is 4.39 Å². The lowest BCUT2D eigenvalue weighted by atomic mass is 10.2. The third kappa shape index (κ3) is 0.973. The highest BCUT2D eigenvalue weighted by molar-refractivity contribution is 5.56. The third-order valence-electron chi connectivity index (χ3n) is 1.98. The fourth-order valence-electron chi connectivity index (χ4n) is 1.38. The molecule has 1 heterocycles. The van der Waals surface area contributed by atoms with Gasteiger partial charge in [-0.15, -0.1) is 0 Å². The average molecular weight is 152 g/mol. The number of rotatable bonds is 0. The van der Waals surface area contributed by atoms with Gasteiger partial charge in [0.1, 0.15) is 5.82 Å². The van der Waals surface area contributed by atoms with Gasteiger partial charge in [0.2, 0.25) is 0 Å². The van der Waals surface area contributed by atoms with Gasteiger partial charge in [0, 0.05) is 6.54 Å². The molecule has 2 rings (SSSR count). The number of benzene rings is 1. The van der Waals surface area contributed by atoms with Crippen LogP contribution in [0.25, 0.3) is 0 Å². The summed E-state index contributed by atoms with van der Waals surface area (Å²) in [7, 11) is 0. The molecule has 2 nitrogen and oxygen atoms in total. The van der Waals surface area contributed by atoms with E-state index in [1.54, 1.807) is 11.1 Å². The first-order valence-corrected chi connectivity index (χ1v) is 3.58. The fourth-order valence-corrected chi connectivity index (χ4v) is 1.38. The van der Waals surface area contributed by atoms with Crippen molar-refractivity contribution < 1.29 is 4.39 Å². The van der Waals surface area contributed by atoms with Crippen molar-refractivity contribution in [2.24, 2.45) is 5.84 Å². The molecule has 0 aromatic heterocycles. The van der Waals surface area contributed by atoms with E-state index in [2.05, 4.69) is 0 Å². The van der Waals surface area contributed by atoms with Gasteiger partial charge >= 0.3 is 0 Å². The Morgan fingerprint density at radius 3 is 3.09 bits per heavy atom. The van der Waals surface area contributed by atoms with Crippen LogP contribution < -0.4 is 10.9 Å². The van der Waals surface area contributed by atoms with E-state index in [-0.39, 0.29) is 5.82 Å². The zero-order valence-electron chi connectivity index (χ0n) is 6.05. The Labute approximate surface area is 64.4 Å². The molecule has 0 amide bonds. The molecule has 0 atom stereocenters. The lowest BCUT2D eigenvalue weighted by Crippen LogP contribution is -2.28. The molecule has 1 aliphatic rings. The van der Waals surface area contributed by atoms with E-state index in [0.717, 1.165) is 24.2 Å². The van der Waals surface area contributed by atoms with Crippen molar-refractivity contribution in [2.75, 3.05) is 11.6 Å². The van der Waals surface area contributed by atoms with Crippen LogP contribution in [0.4, 0.5) is 10.1 Å². The maximum absolute atomic E-state index is 12.7. The first-order valence-electron chi connectivity index (χ1n) is 3.58. The molecule has 3 heteroatoms. The van der Waals surface area contributed by atoms with Crippen molar-refractivity contribution in [1.82, 2.24) is 0 Å². The SMILES string of the molecule is NN1CCc2ccc(F)cc21. The van der Waals surface area contributed by atoms with E-state index in [1.165, 1.54) is 12.1 Å². The third-order valence-corrected chi connectivity index (χ3v) is 1.98. The molecule has 0 bridgehead atoms. The summed E-state index contributed by atoms with van der Waals surface area (Å²) in [5.74, 6) is 5.36. The molecule has 0 radical (unpaired) electrons. The molecule has 0 spiro atoms. The van der Waals surface area contributed by atoms with E-state index in [0.29, 0.717) is 0 Å². The molecule has 58 valence electrons. The molecule has 0 fully saturated rings. The summed E-state index contributed by atoms with van der Waals surface area (Å²) in [4.78, 5) is 0. The molecule has 1 aromatic rings. The predicted molar refractivity (Wildman–Crippen MR) is 41.6 cm³/mol. The summed E-state index contributed by atoms with van der Waals surface area (Å²) in [6, 6.07) is 4.73. The number of anilines is 1. The Balaban J connectivity index is 2.52. The molecule has 0 saturated heterocycles. The minimum absolute atomic E-state index is 0.221. The summed E-state index contributed by atoms with van der Waals surface area (Å²) in [6.07, 6.45) is 0.923. The van der Waals surface area contributed by atoms with Crippen LogP contribution in [0, 0.1) is 5.82 Å². The Morgan fingerprint density at radius 2 is 2.27 bits per heavy atom. The lowest BCUT2D eigenvalue weighted by molar-refractivity contribution is 0.627. The van der Waals surface area contributed by atoms with Crippen molar-refractivity contribution in [3.63, 3.8) is 0 Å². The van der Waals surface area contributed by atoms with Gasteiger partial charge < -0.3 is 5.01 Å². The van der Waals surface area contributed by atoms with E-state index < -0.39 is 0 Å². The van der Waals surface area contributed by atoms with E-state index in [4.69, 9.17) is 5.84 Å². The minimum Gasteiger partial charge on any atom is -0.310 e. The van der Waals surface area contributed by atoms with Gasteiger partial charge in [-0.25, -0.2) is 10.2 Å². The number of fused-ring (bicyclic) bond motifs is 1. The summed E-state index contributed by atoms with van der Waals surface area (Å²) in [5, 5.41) is 1.58. The van der Waals surface area contributed by atoms with Crippen molar-refractivity contribution in [2.45, 2.75) is 6.42 Å². The van der Waals surface area contributed by atoms with Crippen LogP contribution in [0.3, 0.4) is 0 Å². The number of hydrogen-bond acceptors (Lipinski definition) is 2. The maximum Gasteiger partial charge on any atom is 0.125 e. The van der Waals surface area contributed by atoms with Crippen molar-refractivity contribution in [1.29, 1.82) is 0 Å². The second-order valence-corrected chi connectivity index (χ2v) is 2.72. The van der Waals surface area contributed by atoms with Gasteiger partial charge in [-0.1, -0.05) is 6.07 Å². The van der Waals surface area contributed by atoms with Gasteiger partial charge in [-0.3, -0.25) is 0 Å². The predicted octanol–water partition coefficient (Wildman–Crippen LogP) is 1.06. The van der Waals surface area contributed by atoms with E-state index in [1.807, 2.05) is 0 Å². The highest BCUT2D eigenvalue weighted by Crippen LogP contribution is 2.25. The van der Waals surface area contributed by atoms with Crippen LogP contribution in [0.15, 0.2) is 18.2 Å². The smallest absolute Gasteiger partial charge is 0.125 e. The maximum atomic E-state index is 12.7. The highest BCUT2D eigenvalue weighted by Gasteiger charge is 2.15. The first-order chi connectivity index (χ1) is 5.27. The zero-order chi connectivity index (χ0) is 7.84. The number of nitrogens with two attached hydrogens (primary N) is 1. The average Bonchev–Trinajstić information content (AvgIpc) is 2.33.